The summed E-state index contributed by atoms with van der Waals surface area (Å²) in [6.07, 6.45) is 2.57. The molecule has 0 aromatic heterocycles. The SMILES string of the molecule is CCC(CC)NC(=O)C(C)N(C)CCC(N)=S. The third-order valence-corrected chi connectivity index (χ3v) is 3.29. The first-order valence-corrected chi connectivity index (χ1v) is 6.62. The first-order chi connectivity index (χ1) is 7.92. The number of amides is 1. The van der Waals surface area contributed by atoms with E-state index in [2.05, 4.69) is 19.2 Å². The molecule has 0 aromatic carbocycles. The minimum atomic E-state index is -0.148. The van der Waals surface area contributed by atoms with Crippen molar-refractivity contribution in [3.8, 4) is 0 Å². The van der Waals surface area contributed by atoms with Crippen LogP contribution in [0.3, 0.4) is 0 Å². The lowest BCUT2D eigenvalue weighted by molar-refractivity contribution is -0.126. The van der Waals surface area contributed by atoms with Crippen molar-refractivity contribution in [1.82, 2.24) is 10.2 Å². The van der Waals surface area contributed by atoms with E-state index in [-0.39, 0.29) is 18.0 Å². The molecule has 4 nitrogen and oxygen atoms in total. The maximum atomic E-state index is 11.9. The van der Waals surface area contributed by atoms with E-state index in [0.29, 0.717) is 18.0 Å². The molecule has 0 fully saturated rings. The maximum Gasteiger partial charge on any atom is 0.237 e. The van der Waals surface area contributed by atoms with E-state index in [0.717, 1.165) is 12.8 Å². The van der Waals surface area contributed by atoms with Crippen molar-refractivity contribution in [3.05, 3.63) is 0 Å². The fourth-order valence-corrected chi connectivity index (χ4v) is 1.59. The van der Waals surface area contributed by atoms with E-state index in [1.165, 1.54) is 0 Å². The molecule has 0 bridgehead atoms. The Morgan fingerprint density at radius 1 is 1.41 bits per heavy atom. The number of thiocarbonyl (C=S) groups is 1. The molecule has 0 heterocycles. The largest absolute Gasteiger partial charge is 0.393 e. The second kappa shape index (κ2) is 8.42. The number of rotatable bonds is 8. The van der Waals surface area contributed by atoms with Gasteiger partial charge in [-0.3, -0.25) is 9.69 Å². The van der Waals surface area contributed by atoms with Crippen LogP contribution in [0.4, 0.5) is 0 Å². The molecule has 3 N–H and O–H groups in total. The molecular formula is C12H25N3OS. The molecule has 1 amide bonds. The molecule has 0 spiro atoms. The minimum absolute atomic E-state index is 0.0733. The second-order valence-electron chi connectivity index (χ2n) is 4.39. The van der Waals surface area contributed by atoms with Gasteiger partial charge in [-0.25, -0.2) is 0 Å². The lowest BCUT2D eigenvalue weighted by Gasteiger charge is -2.25. The molecule has 0 radical (unpaired) electrons. The third-order valence-electron chi connectivity index (χ3n) is 3.08. The molecule has 0 rings (SSSR count). The number of carbonyl (C=O) groups excluding carboxylic acids is 1. The van der Waals surface area contributed by atoms with Crippen molar-refractivity contribution in [2.24, 2.45) is 5.73 Å². The van der Waals surface area contributed by atoms with Gasteiger partial charge >= 0.3 is 0 Å². The number of hydrogen-bond donors (Lipinski definition) is 2. The zero-order valence-corrected chi connectivity index (χ0v) is 12.1. The Morgan fingerprint density at radius 3 is 2.35 bits per heavy atom. The average molecular weight is 259 g/mol. The molecule has 17 heavy (non-hydrogen) atoms. The Kier molecular flexibility index (Phi) is 8.08. The van der Waals surface area contributed by atoms with Crippen molar-refractivity contribution >= 4 is 23.1 Å². The van der Waals surface area contributed by atoms with Gasteiger partial charge in [-0.2, -0.15) is 0 Å². The second-order valence-corrected chi connectivity index (χ2v) is 4.92. The highest BCUT2D eigenvalue weighted by atomic mass is 32.1. The summed E-state index contributed by atoms with van der Waals surface area (Å²) < 4.78 is 0. The van der Waals surface area contributed by atoms with E-state index in [1.807, 2.05) is 18.9 Å². The molecule has 1 unspecified atom stereocenters. The molecule has 0 aliphatic heterocycles. The lowest BCUT2D eigenvalue weighted by Crippen LogP contribution is -2.47. The molecule has 0 aliphatic carbocycles. The van der Waals surface area contributed by atoms with Crippen LogP contribution >= 0.6 is 12.2 Å². The number of nitrogens with zero attached hydrogens (tertiary/aromatic N) is 1. The third kappa shape index (κ3) is 6.58. The topological polar surface area (TPSA) is 58.4 Å². The number of carbonyl (C=O) groups is 1. The van der Waals surface area contributed by atoms with Crippen molar-refractivity contribution in [2.45, 2.75) is 52.1 Å². The van der Waals surface area contributed by atoms with Gasteiger partial charge in [0.2, 0.25) is 5.91 Å². The normalized spacial score (nSPS) is 12.8. The lowest BCUT2D eigenvalue weighted by atomic mass is 10.1. The quantitative estimate of drug-likeness (QED) is 0.645. The smallest absolute Gasteiger partial charge is 0.237 e. The van der Waals surface area contributed by atoms with E-state index in [1.54, 1.807) is 0 Å². The highest BCUT2D eigenvalue weighted by molar-refractivity contribution is 7.80. The van der Waals surface area contributed by atoms with Gasteiger partial charge in [-0.05, 0) is 26.8 Å². The molecule has 0 saturated heterocycles. The summed E-state index contributed by atoms with van der Waals surface area (Å²) in [6, 6.07) is 0.124. The fraction of sp³-hybridized carbons (Fsp3) is 0.833. The summed E-state index contributed by atoms with van der Waals surface area (Å²) in [7, 11) is 1.91. The van der Waals surface area contributed by atoms with Crippen LogP contribution in [0, 0.1) is 0 Å². The summed E-state index contributed by atoms with van der Waals surface area (Å²) in [5.74, 6) is 0.0733. The van der Waals surface area contributed by atoms with Crippen molar-refractivity contribution in [2.75, 3.05) is 13.6 Å². The summed E-state index contributed by atoms with van der Waals surface area (Å²) in [4.78, 5) is 14.4. The van der Waals surface area contributed by atoms with Crippen LogP contribution in [0.1, 0.15) is 40.0 Å². The molecule has 1 atom stereocenters. The van der Waals surface area contributed by atoms with Crippen LogP contribution in [0.5, 0.6) is 0 Å². The van der Waals surface area contributed by atoms with Gasteiger partial charge in [0, 0.05) is 19.0 Å². The Labute approximate surface area is 110 Å². The standard InChI is InChI=1S/C12H25N3OS/c1-5-10(6-2)14-12(16)9(3)15(4)8-7-11(13)17/h9-10H,5-8H2,1-4H3,(H2,13,17)(H,14,16). The van der Waals surface area contributed by atoms with E-state index in [4.69, 9.17) is 18.0 Å². The number of nitrogens with one attached hydrogen (secondary N) is 1. The average Bonchev–Trinajstić information content (AvgIpc) is 2.31. The van der Waals surface area contributed by atoms with Gasteiger partial charge in [0.1, 0.15) is 0 Å². The van der Waals surface area contributed by atoms with Crippen molar-refractivity contribution in [1.29, 1.82) is 0 Å². The summed E-state index contributed by atoms with van der Waals surface area (Å²) >= 11 is 4.82. The summed E-state index contributed by atoms with van der Waals surface area (Å²) in [5.41, 5.74) is 5.45. The van der Waals surface area contributed by atoms with Crippen LogP contribution in [0.2, 0.25) is 0 Å². The fourth-order valence-electron chi connectivity index (χ4n) is 1.49. The first-order valence-electron chi connectivity index (χ1n) is 6.21. The highest BCUT2D eigenvalue weighted by Gasteiger charge is 2.19. The maximum absolute atomic E-state index is 11.9. The number of likely N-dealkylation sites (N-methyl/N-ethyl adjacent to an activating group) is 1. The summed E-state index contributed by atoms with van der Waals surface area (Å²) in [6.45, 7) is 6.77. The van der Waals surface area contributed by atoms with Crippen LogP contribution < -0.4 is 11.1 Å². The Morgan fingerprint density at radius 2 is 1.94 bits per heavy atom. The molecule has 5 heteroatoms. The Balaban J connectivity index is 4.14. The monoisotopic (exact) mass is 259 g/mol. The van der Waals surface area contributed by atoms with Gasteiger partial charge in [0.15, 0.2) is 0 Å². The molecule has 0 aliphatic rings. The van der Waals surface area contributed by atoms with Crippen molar-refractivity contribution in [3.63, 3.8) is 0 Å². The Hall–Kier alpha value is -0.680. The molecule has 0 aromatic rings. The first kappa shape index (κ1) is 16.3. The molecular weight excluding hydrogens is 234 g/mol. The van der Waals surface area contributed by atoms with Crippen LogP contribution in [0.15, 0.2) is 0 Å². The highest BCUT2D eigenvalue weighted by Crippen LogP contribution is 2.01. The van der Waals surface area contributed by atoms with Gasteiger partial charge in [0.05, 0.1) is 11.0 Å². The predicted octanol–water partition coefficient (Wildman–Crippen LogP) is 1.29. The van der Waals surface area contributed by atoms with Crippen molar-refractivity contribution < 1.29 is 4.79 Å². The molecule has 100 valence electrons. The predicted molar refractivity (Wildman–Crippen MR) is 76.0 cm³/mol. The van der Waals surface area contributed by atoms with E-state index >= 15 is 0 Å². The molecule has 0 saturated carbocycles. The zero-order chi connectivity index (χ0) is 13.4. The number of hydrogen-bond acceptors (Lipinski definition) is 3. The van der Waals surface area contributed by atoms with E-state index < -0.39 is 0 Å². The number of nitrogens with two attached hydrogens (primary N) is 1. The van der Waals surface area contributed by atoms with Gasteiger partial charge in [-0.1, -0.05) is 26.1 Å². The Bertz CT molecular complexity index is 254. The minimum Gasteiger partial charge on any atom is -0.393 e. The summed E-state index contributed by atoms with van der Waals surface area (Å²) in [5, 5.41) is 3.04. The van der Waals surface area contributed by atoms with Gasteiger partial charge < -0.3 is 11.1 Å². The van der Waals surface area contributed by atoms with Gasteiger partial charge in [-0.15, -0.1) is 0 Å². The van der Waals surface area contributed by atoms with E-state index in [9.17, 15) is 4.79 Å². The van der Waals surface area contributed by atoms with Crippen LogP contribution in [-0.4, -0.2) is 41.5 Å². The van der Waals surface area contributed by atoms with Gasteiger partial charge in [0.25, 0.3) is 0 Å². The van der Waals surface area contributed by atoms with Crippen LogP contribution in [0.25, 0.3) is 0 Å². The zero-order valence-electron chi connectivity index (χ0n) is 11.3. The van der Waals surface area contributed by atoms with Crippen LogP contribution in [-0.2, 0) is 4.79 Å².